The molecule has 0 aliphatic carbocycles. The van der Waals surface area contributed by atoms with Crippen molar-refractivity contribution >= 4 is 11.6 Å². The summed E-state index contributed by atoms with van der Waals surface area (Å²) in [5.41, 5.74) is 5.81. The van der Waals surface area contributed by atoms with E-state index < -0.39 is 11.7 Å². The molecule has 19 heavy (non-hydrogen) atoms. The molecule has 3 N–H and O–H groups in total. The molecular weight excluding hydrogens is 245 g/mol. The van der Waals surface area contributed by atoms with Crippen molar-refractivity contribution in [3.8, 4) is 0 Å². The summed E-state index contributed by atoms with van der Waals surface area (Å²) in [6, 6.07) is 4.39. The largest absolute Gasteiger partial charge is 0.385 e. The number of carbonyl (C=O) groups is 1. The number of piperidine rings is 1. The Kier molecular flexibility index (Phi) is 4.37. The van der Waals surface area contributed by atoms with E-state index in [1.807, 2.05) is 0 Å². The molecule has 0 bridgehead atoms. The predicted octanol–water partition coefficient (Wildman–Crippen LogP) is 1.68. The number of amides is 1. The Balaban J connectivity index is 1.92. The average Bonchev–Trinajstić information content (AvgIpc) is 2.39. The second kappa shape index (κ2) is 6.02. The van der Waals surface area contributed by atoms with Crippen molar-refractivity contribution < 1.29 is 9.18 Å². The number of carbonyl (C=O) groups excluding carboxylic acids is 1. The molecule has 0 radical (unpaired) electrons. The molecule has 0 saturated carbocycles. The van der Waals surface area contributed by atoms with Crippen molar-refractivity contribution in [1.29, 1.82) is 0 Å². The molecule has 1 saturated heterocycles. The molecule has 1 aromatic rings. The van der Waals surface area contributed by atoms with E-state index in [1.54, 1.807) is 6.07 Å². The Morgan fingerprint density at radius 2 is 2.16 bits per heavy atom. The van der Waals surface area contributed by atoms with Crippen molar-refractivity contribution in [1.82, 2.24) is 4.90 Å². The Morgan fingerprint density at radius 3 is 2.79 bits per heavy atom. The highest BCUT2D eigenvalue weighted by Gasteiger charge is 2.16. The highest BCUT2D eigenvalue weighted by molar-refractivity contribution is 5.94. The normalized spacial score (nSPS) is 17.4. The smallest absolute Gasteiger partial charge is 0.251 e. The molecule has 1 aromatic carbocycles. The van der Waals surface area contributed by atoms with E-state index in [0.29, 0.717) is 5.92 Å². The van der Waals surface area contributed by atoms with Gasteiger partial charge in [-0.25, -0.2) is 4.39 Å². The number of halogens is 1. The SMILES string of the molecule is CN1CCC(CNc2ccc(F)c(C(N)=O)c2)CC1. The van der Waals surface area contributed by atoms with Crippen molar-refractivity contribution in [2.45, 2.75) is 12.8 Å². The number of nitrogens with zero attached hydrogens (tertiary/aromatic N) is 1. The predicted molar refractivity (Wildman–Crippen MR) is 73.6 cm³/mol. The summed E-state index contributed by atoms with van der Waals surface area (Å²) in [6.07, 6.45) is 2.32. The molecule has 1 amide bonds. The molecule has 1 aliphatic rings. The standard InChI is InChI=1S/C14H20FN3O/c1-18-6-4-10(5-7-18)9-17-11-2-3-13(15)12(8-11)14(16)19/h2-3,8,10,17H,4-7,9H2,1H3,(H2,16,19). The first-order valence-corrected chi connectivity index (χ1v) is 6.58. The van der Waals surface area contributed by atoms with Gasteiger partial charge in [-0.1, -0.05) is 0 Å². The van der Waals surface area contributed by atoms with Crippen LogP contribution < -0.4 is 11.1 Å². The number of rotatable bonds is 4. The lowest BCUT2D eigenvalue weighted by atomic mass is 9.97. The van der Waals surface area contributed by atoms with Crippen LogP contribution in [0.3, 0.4) is 0 Å². The second-order valence-corrected chi connectivity index (χ2v) is 5.19. The van der Waals surface area contributed by atoms with E-state index in [-0.39, 0.29) is 5.56 Å². The van der Waals surface area contributed by atoms with Gasteiger partial charge in [0.2, 0.25) is 0 Å². The molecule has 0 aromatic heterocycles. The Bertz CT molecular complexity index is 456. The summed E-state index contributed by atoms with van der Waals surface area (Å²) in [6.45, 7) is 3.07. The highest BCUT2D eigenvalue weighted by Crippen LogP contribution is 2.19. The highest BCUT2D eigenvalue weighted by atomic mass is 19.1. The van der Waals surface area contributed by atoms with Gasteiger partial charge in [-0.05, 0) is 57.1 Å². The number of primary amides is 1. The molecule has 4 nitrogen and oxygen atoms in total. The maximum atomic E-state index is 13.3. The third-order valence-electron chi connectivity index (χ3n) is 3.66. The first-order chi connectivity index (χ1) is 9.06. The van der Waals surface area contributed by atoms with Gasteiger partial charge in [-0.2, -0.15) is 0 Å². The molecule has 1 fully saturated rings. The second-order valence-electron chi connectivity index (χ2n) is 5.19. The minimum Gasteiger partial charge on any atom is -0.385 e. The van der Waals surface area contributed by atoms with Crippen molar-refractivity contribution in [2.24, 2.45) is 11.7 Å². The first kappa shape index (κ1) is 13.8. The van der Waals surface area contributed by atoms with Gasteiger partial charge in [0.25, 0.3) is 5.91 Å². The summed E-state index contributed by atoms with van der Waals surface area (Å²) in [5, 5.41) is 3.26. The van der Waals surface area contributed by atoms with Crippen LogP contribution >= 0.6 is 0 Å². The van der Waals surface area contributed by atoms with Crippen LogP contribution in [0.25, 0.3) is 0 Å². The van der Waals surface area contributed by atoms with Crippen LogP contribution in [-0.2, 0) is 0 Å². The quantitative estimate of drug-likeness (QED) is 0.870. The van der Waals surface area contributed by atoms with Crippen molar-refractivity contribution in [3.05, 3.63) is 29.6 Å². The molecular formula is C14H20FN3O. The van der Waals surface area contributed by atoms with Gasteiger partial charge >= 0.3 is 0 Å². The zero-order chi connectivity index (χ0) is 13.8. The fourth-order valence-electron chi connectivity index (χ4n) is 2.35. The topological polar surface area (TPSA) is 58.4 Å². The van der Waals surface area contributed by atoms with Crippen molar-refractivity contribution in [3.63, 3.8) is 0 Å². The lowest BCUT2D eigenvalue weighted by Gasteiger charge is -2.29. The van der Waals surface area contributed by atoms with Crippen LogP contribution in [0, 0.1) is 11.7 Å². The summed E-state index contributed by atoms with van der Waals surface area (Å²) in [5.74, 6) is -0.684. The molecule has 1 aliphatic heterocycles. The Labute approximate surface area is 112 Å². The zero-order valence-electron chi connectivity index (χ0n) is 11.2. The monoisotopic (exact) mass is 265 g/mol. The fraction of sp³-hybridized carbons (Fsp3) is 0.500. The summed E-state index contributed by atoms with van der Waals surface area (Å²) in [4.78, 5) is 13.4. The first-order valence-electron chi connectivity index (χ1n) is 6.58. The van der Waals surface area contributed by atoms with E-state index in [2.05, 4.69) is 17.3 Å². The third kappa shape index (κ3) is 3.67. The zero-order valence-corrected chi connectivity index (χ0v) is 11.2. The summed E-state index contributed by atoms with van der Waals surface area (Å²) >= 11 is 0. The van der Waals surface area contributed by atoms with Gasteiger partial charge in [0.05, 0.1) is 5.56 Å². The Morgan fingerprint density at radius 1 is 1.47 bits per heavy atom. The number of hydrogen-bond donors (Lipinski definition) is 2. The van der Waals surface area contributed by atoms with Crippen LogP contribution in [0.5, 0.6) is 0 Å². The molecule has 2 rings (SSSR count). The molecule has 0 unspecified atom stereocenters. The van der Waals surface area contributed by atoms with Crippen LogP contribution in [0.2, 0.25) is 0 Å². The number of anilines is 1. The number of nitrogens with two attached hydrogens (primary N) is 1. The van der Waals surface area contributed by atoms with Crippen molar-refractivity contribution in [2.75, 3.05) is 32.0 Å². The molecule has 5 heteroatoms. The van der Waals surface area contributed by atoms with Crippen LogP contribution in [0.15, 0.2) is 18.2 Å². The molecule has 1 heterocycles. The van der Waals surface area contributed by atoms with E-state index in [9.17, 15) is 9.18 Å². The van der Waals surface area contributed by atoms with E-state index in [1.165, 1.54) is 12.1 Å². The number of nitrogens with one attached hydrogen (secondary N) is 1. The molecule has 0 spiro atoms. The number of hydrogen-bond acceptors (Lipinski definition) is 3. The lowest BCUT2D eigenvalue weighted by molar-refractivity contribution is 0.0996. The number of benzene rings is 1. The van der Waals surface area contributed by atoms with E-state index in [4.69, 9.17) is 5.73 Å². The van der Waals surface area contributed by atoms with Gasteiger partial charge in [0, 0.05) is 12.2 Å². The van der Waals surface area contributed by atoms with Crippen LogP contribution in [0.4, 0.5) is 10.1 Å². The molecule has 0 atom stereocenters. The summed E-state index contributed by atoms with van der Waals surface area (Å²) in [7, 11) is 2.13. The number of likely N-dealkylation sites (tertiary alicyclic amines) is 1. The van der Waals surface area contributed by atoms with Gasteiger partial charge in [0.15, 0.2) is 0 Å². The average molecular weight is 265 g/mol. The van der Waals surface area contributed by atoms with E-state index in [0.717, 1.165) is 38.2 Å². The van der Waals surface area contributed by atoms with Crippen LogP contribution in [0.1, 0.15) is 23.2 Å². The maximum Gasteiger partial charge on any atom is 0.251 e. The lowest BCUT2D eigenvalue weighted by Crippen LogP contribution is -2.33. The molecule has 104 valence electrons. The van der Waals surface area contributed by atoms with Crippen LogP contribution in [-0.4, -0.2) is 37.5 Å². The third-order valence-corrected chi connectivity index (χ3v) is 3.66. The minimum absolute atomic E-state index is 0.0617. The Hall–Kier alpha value is -1.62. The van der Waals surface area contributed by atoms with Gasteiger partial charge in [0.1, 0.15) is 5.82 Å². The summed E-state index contributed by atoms with van der Waals surface area (Å²) < 4.78 is 13.3. The fourth-order valence-corrected chi connectivity index (χ4v) is 2.35. The maximum absolute atomic E-state index is 13.3. The van der Waals surface area contributed by atoms with Gasteiger partial charge < -0.3 is 16.0 Å². The van der Waals surface area contributed by atoms with E-state index >= 15 is 0 Å². The minimum atomic E-state index is -0.736. The van der Waals surface area contributed by atoms with Gasteiger partial charge in [-0.15, -0.1) is 0 Å². The van der Waals surface area contributed by atoms with Gasteiger partial charge in [-0.3, -0.25) is 4.79 Å².